The number of benzene rings is 3. The fourth-order valence-corrected chi connectivity index (χ4v) is 3.27. The van der Waals surface area contributed by atoms with Gasteiger partial charge in [0.05, 0.1) is 16.8 Å². The summed E-state index contributed by atoms with van der Waals surface area (Å²) in [5, 5.41) is 2.42. The molecule has 0 saturated heterocycles. The molecule has 1 heterocycles. The molecule has 0 spiro atoms. The van der Waals surface area contributed by atoms with Crippen LogP contribution in [0.5, 0.6) is 0 Å². The number of nitrogens with one attached hydrogen (secondary N) is 1. The van der Waals surface area contributed by atoms with E-state index in [1.165, 1.54) is 19.1 Å². The van der Waals surface area contributed by atoms with Crippen LogP contribution < -0.4 is 5.32 Å². The maximum Gasteiger partial charge on any atom is 0.339 e. The van der Waals surface area contributed by atoms with E-state index >= 15 is 0 Å². The van der Waals surface area contributed by atoms with Gasteiger partial charge >= 0.3 is 5.97 Å². The third-order valence-electron chi connectivity index (χ3n) is 4.51. The minimum Gasteiger partial charge on any atom is -0.449 e. The first-order valence-electron chi connectivity index (χ1n) is 9.34. The normalized spacial score (nSPS) is 11.8. The van der Waals surface area contributed by atoms with Crippen molar-refractivity contribution in [2.24, 2.45) is 0 Å². The molecule has 0 aliphatic rings. The Kier molecular flexibility index (Phi) is 5.81. The van der Waals surface area contributed by atoms with E-state index in [1.54, 1.807) is 42.5 Å². The molecule has 1 aromatic heterocycles. The van der Waals surface area contributed by atoms with Crippen LogP contribution in [0, 0.1) is 5.82 Å². The number of anilines is 1. The van der Waals surface area contributed by atoms with E-state index in [4.69, 9.17) is 9.15 Å². The minimum absolute atomic E-state index is 0.0111. The lowest BCUT2D eigenvalue weighted by molar-refractivity contribution is -0.123. The van der Waals surface area contributed by atoms with Crippen molar-refractivity contribution in [1.82, 2.24) is 4.98 Å². The van der Waals surface area contributed by atoms with Gasteiger partial charge in [0.1, 0.15) is 11.3 Å². The molecule has 0 aliphatic carbocycles. The van der Waals surface area contributed by atoms with Crippen molar-refractivity contribution in [3.8, 4) is 11.5 Å². The Morgan fingerprint density at radius 3 is 2.61 bits per heavy atom. The monoisotopic (exact) mass is 482 g/mol. The van der Waals surface area contributed by atoms with Crippen LogP contribution in [0.2, 0.25) is 0 Å². The Morgan fingerprint density at radius 1 is 1.10 bits per heavy atom. The van der Waals surface area contributed by atoms with Gasteiger partial charge in [0, 0.05) is 4.47 Å². The second-order valence-corrected chi connectivity index (χ2v) is 7.61. The number of para-hydroxylation sites is 2. The minimum atomic E-state index is -1.16. The number of fused-ring (bicyclic) bond motifs is 1. The molecular weight excluding hydrogens is 467 g/mol. The number of carbonyl (C=O) groups is 2. The summed E-state index contributed by atoms with van der Waals surface area (Å²) in [4.78, 5) is 29.6. The highest BCUT2D eigenvalue weighted by Gasteiger charge is 2.23. The maximum absolute atomic E-state index is 14.0. The predicted octanol–water partition coefficient (Wildman–Crippen LogP) is 5.58. The third-order valence-corrected chi connectivity index (χ3v) is 5.01. The number of hydrogen-bond acceptors (Lipinski definition) is 5. The fraction of sp³-hybridized carbons (Fsp3) is 0.0870. The van der Waals surface area contributed by atoms with Gasteiger partial charge in [-0.1, -0.05) is 40.2 Å². The summed E-state index contributed by atoms with van der Waals surface area (Å²) in [6.07, 6.45) is -1.16. The molecule has 1 unspecified atom stereocenters. The van der Waals surface area contributed by atoms with E-state index in [2.05, 4.69) is 26.2 Å². The molecule has 1 N–H and O–H groups in total. The lowest BCUT2D eigenvalue weighted by Gasteiger charge is -2.15. The van der Waals surface area contributed by atoms with Crippen LogP contribution in [0.3, 0.4) is 0 Å². The second-order valence-electron chi connectivity index (χ2n) is 6.69. The van der Waals surface area contributed by atoms with E-state index in [0.29, 0.717) is 21.1 Å². The fourth-order valence-electron chi connectivity index (χ4n) is 2.94. The van der Waals surface area contributed by atoms with Crippen molar-refractivity contribution in [2.75, 3.05) is 5.32 Å². The van der Waals surface area contributed by atoms with Crippen molar-refractivity contribution in [2.45, 2.75) is 13.0 Å². The SMILES string of the molecule is CC(OC(=O)c1ccccc1-c1nc2ccccc2o1)C(=O)Nc1ccc(Br)cc1F. The van der Waals surface area contributed by atoms with Gasteiger partial charge in [-0.2, -0.15) is 0 Å². The summed E-state index contributed by atoms with van der Waals surface area (Å²) in [6.45, 7) is 1.41. The van der Waals surface area contributed by atoms with E-state index in [9.17, 15) is 14.0 Å². The number of amides is 1. The molecule has 1 amide bonds. The van der Waals surface area contributed by atoms with Crippen LogP contribution in [-0.4, -0.2) is 23.0 Å². The molecule has 0 bridgehead atoms. The molecule has 4 rings (SSSR count). The van der Waals surface area contributed by atoms with Gasteiger partial charge in [0.2, 0.25) is 5.89 Å². The van der Waals surface area contributed by atoms with E-state index in [1.807, 2.05) is 12.1 Å². The standard InChI is InChI=1S/C23H16BrFN2O4/c1-13(21(28)26-18-11-10-14(24)12-17(18)25)30-23(29)16-7-3-2-6-15(16)22-27-19-8-4-5-9-20(19)31-22/h2-13H,1H3,(H,26,28). The number of carbonyl (C=O) groups excluding carboxylic acids is 2. The lowest BCUT2D eigenvalue weighted by atomic mass is 10.1. The molecule has 4 aromatic rings. The van der Waals surface area contributed by atoms with Crippen LogP contribution in [-0.2, 0) is 9.53 Å². The Hall–Kier alpha value is -3.52. The van der Waals surface area contributed by atoms with Gasteiger partial charge in [-0.05, 0) is 49.4 Å². The summed E-state index contributed by atoms with van der Waals surface area (Å²) < 4.78 is 25.6. The highest BCUT2D eigenvalue weighted by molar-refractivity contribution is 9.10. The van der Waals surface area contributed by atoms with E-state index < -0.39 is 23.8 Å². The van der Waals surface area contributed by atoms with Crippen LogP contribution >= 0.6 is 15.9 Å². The average molecular weight is 483 g/mol. The van der Waals surface area contributed by atoms with Crippen molar-refractivity contribution in [3.63, 3.8) is 0 Å². The predicted molar refractivity (Wildman–Crippen MR) is 117 cm³/mol. The number of aromatic nitrogens is 1. The molecule has 6 nitrogen and oxygen atoms in total. The molecule has 156 valence electrons. The van der Waals surface area contributed by atoms with Crippen LogP contribution in [0.15, 0.2) is 75.6 Å². The summed E-state index contributed by atoms with van der Waals surface area (Å²) in [5.41, 5.74) is 1.87. The van der Waals surface area contributed by atoms with Gasteiger partial charge < -0.3 is 14.5 Å². The van der Waals surface area contributed by atoms with Gasteiger partial charge in [0.25, 0.3) is 5.91 Å². The van der Waals surface area contributed by atoms with Crippen molar-refractivity contribution < 1.29 is 23.1 Å². The van der Waals surface area contributed by atoms with Crippen LogP contribution in [0.4, 0.5) is 10.1 Å². The number of nitrogens with zero attached hydrogens (tertiary/aromatic N) is 1. The number of oxazole rings is 1. The average Bonchev–Trinajstić information content (AvgIpc) is 3.19. The summed E-state index contributed by atoms with van der Waals surface area (Å²) >= 11 is 3.15. The Bertz CT molecular complexity index is 1250. The largest absolute Gasteiger partial charge is 0.449 e. The molecule has 0 saturated carbocycles. The number of rotatable bonds is 5. The Balaban J connectivity index is 1.52. The molecule has 1 atom stereocenters. The number of hydrogen-bond donors (Lipinski definition) is 1. The van der Waals surface area contributed by atoms with E-state index in [-0.39, 0.29) is 17.1 Å². The quantitative estimate of drug-likeness (QED) is 0.375. The highest BCUT2D eigenvalue weighted by atomic mass is 79.9. The Morgan fingerprint density at radius 2 is 1.84 bits per heavy atom. The topological polar surface area (TPSA) is 81.4 Å². The molecular formula is C23H16BrFN2O4. The smallest absolute Gasteiger partial charge is 0.339 e. The Labute approximate surface area is 185 Å². The molecule has 31 heavy (non-hydrogen) atoms. The van der Waals surface area contributed by atoms with Crippen molar-refractivity contribution >= 4 is 44.6 Å². The molecule has 0 fully saturated rings. The summed E-state index contributed by atoms with van der Waals surface area (Å²) in [7, 11) is 0. The number of esters is 1. The first-order chi connectivity index (χ1) is 14.9. The molecule has 0 aliphatic heterocycles. The van der Waals surface area contributed by atoms with Crippen LogP contribution in [0.25, 0.3) is 22.6 Å². The molecule has 3 aromatic carbocycles. The zero-order valence-corrected chi connectivity index (χ0v) is 17.9. The van der Waals surface area contributed by atoms with Gasteiger partial charge in [0.15, 0.2) is 11.7 Å². The van der Waals surface area contributed by atoms with Crippen molar-refractivity contribution in [1.29, 1.82) is 0 Å². The summed E-state index contributed by atoms with van der Waals surface area (Å²) in [5.74, 6) is -1.73. The highest BCUT2D eigenvalue weighted by Crippen LogP contribution is 2.28. The first-order valence-corrected chi connectivity index (χ1v) is 10.1. The zero-order chi connectivity index (χ0) is 22.0. The molecule has 8 heteroatoms. The lowest BCUT2D eigenvalue weighted by Crippen LogP contribution is -2.30. The number of ether oxygens (including phenoxy) is 1. The van der Waals surface area contributed by atoms with Gasteiger partial charge in [-0.25, -0.2) is 14.2 Å². The van der Waals surface area contributed by atoms with Gasteiger partial charge in [-0.3, -0.25) is 4.79 Å². The first kappa shape index (κ1) is 20.7. The number of halogens is 2. The van der Waals surface area contributed by atoms with Crippen molar-refractivity contribution in [3.05, 3.63) is 82.6 Å². The zero-order valence-electron chi connectivity index (χ0n) is 16.3. The van der Waals surface area contributed by atoms with Gasteiger partial charge in [-0.15, -0.1) is 0 Å². The summed E-state index contributed by atoms with van der Waals surface area (Å²) in [6, 6.07) is 18.1. The third kappa shape index (κ3) is 4.49. The second kappa shape index (κ2) is 8.69. The van der Waals surface area contributed by atoms with E-state index in [0.717, 1.165) is 0 Å². The van der Waals surface area contributed by atoms with Crippen LogP contribution in [0.1, 0.15) is 17.3 Å². The molecule has 0 radical (unpaired) electrons. The maximum atomic E-state index is 14.0.